The number of anilines is 1. The van der Waals surface area contributed by atoms with E-state index in [1.807, 2.05) is 37.4 Å². The van der Waals surface area contributed by atoms with Gasteiger partial charge in [-0.2, -0.15) is 4.31 Å². The molecule has 0 spiro atoms. The molecule has 1 aliphatic heterocycles. The van der Waals surface area contributed by atoms with Crippen LogP contribution in [0.25, 0.3) is 0 Å². The Morgan fingerprint density at radius 2 is 1.69 bits per heavy atom. The molecular formula is C22H28N2O4S. The van der Waals surface area contributed by atoms with Gasteiger partial charge in [0.15, 0.2) is 0 Å². The van der Waals surface area contributed by atoms with Gasteiger partial charge in [-0.1, -0.05) is 36.4 Å². The van der Waals surface area contributed by atoms with E-state index in [4.69, 9.17) is 0 Å². The predicted octanol–water partition coefficient (Wildman–Crippen LogP) is 3.31. The second-order valence-corrected chi connectivity index (χ2v) is 9.57. The Morgan fingerprint density at radius 1 is 1.07 bits per heavy atom. The molecule has 0 aromatic heterocycles. The van der Waals surface area contributed by atoms with Crippen LogP contribution in [-0.2, 0) is 14.8 Å². The van der Waals surface area contributed by atoms with Gasteiger partial charge in [0.25, 0.3) is 0 Å². The number of carboxylic acids is 1. The summed E-state index contributed by atoms with van der Waals surface area (Å²) in [6.45, 7) is 1.46. The van der Waals surface area contributed by atoms with E-state index >= 15 is 0 Å². The molecule has 1 heterocycles. The molecule has 0 radical (unpaired) electrons. The van der Waals surface area contributed by atoms with Crippen LogP contribution in [0.15, 0.2) is 65.6 Å². The zero-order chi connectivity index (χ0) is 20.9. The standard InChI is InChI=1S/C22H28N2O4S/c1-23(20-8-4-2-5-9-20)14-12-19-17-24(15-13-18(19)16-22(25)26)29(27,28)21-10-6-3-7-11-21/h2-11,18-19H,12-17H2,1H3,(H,25,26)/t18-,19+/m0/s1. The van der Waals surface area contributed by atoms with Gasteiger partial charge in [-0.05, 0) is 48.9 Å². The second kappa shape index (κ2) is 9.41. The lowest BCUT2D eigenvalue weighted by atomic mass is 9.82. The molecule has 29 heavy (non-hydrogen) atoms. The number of benzene rings is 2. The summed E-state index contributed by atoms with van der Waals surface area (Å²) in [6, 6.07) is 18.4. The number of hydrogen-bond donors (Lipinski definition) is 1. The van der Waals surface area contributed by atoms with E-state index < -0.39 is 16.0 Å². The molecule has 156 valence electrons. The minimum absolute atomic E-state index is 0.00417. The van der Waals surface area contributed by atoms with Crippen molar-refractivity contribution in [3.05, 3.63) is 60.7 Å². The molecule has 0 aliphatic carbocycles. The Bertz CT molecular complexity index is 903. The first kappa shape index (κ1) is 21.3. The number of para-hydroxylation sites is 1. The Balaban J connectivity index is 1.72. The van der Waals surface area contributed by atoms with E-state index in [2.05, 4.69) is 4.90 Å². The van der Waals surface area contributed by atoms with Crippen molar-refractivity contribution < 1.29 is 18.3 Å². The maximum absolute atomic E-state index is 13.0. The fraction of sp³-hybridized carbons (Fsp3) is 0.409. The Morgan fingerprint density at radius 3 is 2.31 bits per heavy atom. The molecular weight excluding hydrogens is 388 g/mol. The zero-order valence-corrected chi connectivity index (χ0v) is 17.5. The Hall–Kier alpha value is -2.38. The van der Waals surface area contributed by atoms with Gasteiger partial charge in [0.1, 0.15) is 0 Å². The number of piperidine rings is 1. The summed E-state index contributed by atoms with van der Waals surface area (Å²) < 4.78 is 27.6. The highest BCUT2D eigenvalue weighted by molar-refractivity contribution is 7.89. The number of nitrogens with zero attached hydrogens (tertiary/aromatic N) is 2. The van der Waals surface area contributed by atoms with E-state index in [0.717, 1.165) is 18.7 Å². The lowest BCUT2D eigenvalue weighted by Gasteiger charge is -2.38. The minimum Gasteiger partial charge on any atom is -0.481 e. The van der Waals surface area contributed by atoms with Crippen molar-refractivity contribution in [1.29, 1.82) is 0 Å². The molecule has 2 atom stereocenters. The van der Waals surface area contributed by atoms with Gasteiger partial charge in [-0.25, -0.2) is 8.42 Å². The lowest BCUT2D eigenvalue weighted by molar-refractivity contribution is -0.138. The molecule has 0 amide bonds. The largest absolute Gasteiger partial charge is 0.481 e. The molecule has 1 saturated heterocycles. The summed E-state index contributed by atoms with van der Waals surface area (Å²) in [7, 11) is -1.56. The molecule has 3 rings (SSSR count). The normalized spacial score (nSPS) is 20.3. The van der Waals surface area contributed by atoms with Crippen molar-refractivity contribution in [2.24, 2.45) is 11.8 Å². The summed E-state index contributed by atoms with van der Waals surface area (Å²) in [5, 5.41) is 9.30. The molecule has 1 N–H and O–H groups in total. The highest BCUT2D eigenvalue weighted by Crippen LogP contribution is 2.32. The van der Waals surface area contributed by atoms with Crippen LogP contribution in [-0.4, -0.2) is 50.5 Å². The quantitative estimate of drug-likeness (QED) is 0.714. The van der Waals surface area contributed by atoms with Crippen molar-refractivity contribution >= 4 is 21.7 Å². The van der Waals surface area contributed by atoms with Crippen LogP contribution >= 0.6 is 0 Å². The topological polar surface area (TPSA) is 77.9 Å². The molecule has 0 unspecified atom stereocenters. The third-order valence-corrected chi connectivity index (χ3v) is 7.58. The maximum atomic E-state index is 13.0. The highest BCUT2D eigenvalue weighted by atomic mass is 32.2. The van der Waals surface area contributed by atoms with Gasteiger partial charge in [0.05, 0.1) is 4.90 Å². The predicted molar refractivity (Wildman–Crippen MR) is 113 cm³/mol. The van der Waals surface area contributed by atoms with Crippen LogP contribution in [0.2, 0.25) is 0 Å². The van der Waals surface area contributed by atoms with E-state index in [1.165, 1.54) is 4.31 Å². The van der Waals surface area contributed by atoms with Crippen molar-refractivity contribution in [2.75, 3.05) is 31.6 Å². The summed E-state index contributed by atoms with van der Waals surface area (Å²) in [5.41, 5.74) is 1.09. The Labute approximate surface area is 172 Å². The van der Waals surface area contributed by atoms with Crippen LogP contribution in [0.1, 0.15) is 19.3 Å². The Kier molecular flexibility index (Phi) is 6.92. The van der Waals surface area contributed by atoms with Crippen LogP contribution < -0.4 is 4.90 Å². The highest BCUT2D eigenvalue weighted by Gasteiger charge is 2.36. The summed E-state index contributed by atoms with van der Waals surface area (Å²) >= 11 is 0. The van der Waals surface area contributed by atoms with E-state index in [9.17, 15) is 18.3 Å². The van der Waals surface area contributed by atoms with Gasteiger partial charge < -0.3 is 10.0 Å². The fourth-order valence-electron chi connectivity index (χ4n) is 4.00. The molecule has 6 nitrogen and oxygen atoms in total. The third-order valence-electron chi connectivity index (χ3n) is 5.70. The average molecular weight is 417 g/mol. The van der Waals surface area contributed by atoms with Crippen molar-refractivity contribution in [1.82, 2.24) is 4.31 Å². The number of carbonyl (C=O) groups is 1. The molecule has 1 fully saturated rings. The minimum atomic E-state index is -3.57. The molecule has 1 aliphatic rings. The molecule has 2 aromatic rings. The van der Waals surface area contributed by atoms with E-state index in [0.29, 0.717) is 19.5 Å². The first-order valence-electron chi connectivity index (χ1n) is 9.91. The number of rotatable bonds is 8. The molecule has 2 aromatic carbocycles. The van der Waals surface area contributed by atoms with Crippen molar-refractivity contribution in [3.8, 4) is 0 Å². The summed E-state index contributed by atoms with van der Waals surface area (Å²) in [6.07, 6.45) is 1.39. The van der Waals surface area contributed by atoms with Crippen LogP contribution in [0.5, 0.6) is 0 Å². The van der Waals surface area contributed by atoms with Gasteiger partial charge >= 0.3 is 5.97 Å². The molecule has 0 saturated carbocycles. The monoisotopic (exact) mass is 416 g/mol. The summed E-state index contributed by atoms with van der Waals surface area (Å²) in [4.78, 5) is 13.7. The van der Waals surface area contributed by atoms with Gasteiger partial charge in [-0.15, -0.1) is 0 Å². The smallest absolute Gasteiger partial charge is 0.303 e. The van der Waals surface area contributed by atoms with E-state index in [-0.39, 0.29) is 23.2 Å². The zero-order valence-electron chi connectivity index (χ0n) is 16.6. The first-order valence-corrected chi connectivity index (χ1v) is 11.3. The van der Waals surface area contributed by atoms with Crippen LogP contribution in [0.4, 0.5) is 5.69 Å². The number of aliphatic carboxylic acids is 1. The van der Waals surface area contributed by atoms with Crippen molar-refractivity contribution in [2.45, 2.75) is 24.2 Å². The number of sulfonamides is 1. The lowest BCUT2D eigenvalue weighted by Crippen LogP contribution is -2.45. The van der Waals surface area contributed by atoms with Gasteiger partial charge in [-0.3, -0.25) is 4.79 Å². The summed E-state index contributed by atoms with van der Waals surface area (Å²) in [5.74, 6) is -0.834. The third kappa shape index (κ3) is 5.36. The van der Waals surface area contributed by atoms with Crippen molar-refractivity contribution in [3.63, 3.8) is 0 Å². The molecule has 0 bridgehead atoms. The number of hydrogen-bond acceptors (Lipinski definition) is 4. The average Bonchev–Trinajstić information content (AvgIpc) is 2.73. The second-order valence-electron chi connectivity index (χ2n) is 7.63. The molecule has 7 heteroatoms. The van der Waals surface area contributed by atoms with Gasteiger partial charge in [0.2, 0.25) is 10.0 Å². The first-order chi connectivity index (χ1) is 13.9. The number of carboxylic acid groups (broad SMARTS) is 1. The SMILES string of the molecule is CN(CC[C@@H]1CN(S(=O)(=O)c2ccccc2)CC[C@H]1CC(=O)O)c1ccccc1. The maximum Gasteiger partial charge on any atom is 0.303 e. The fourth-order valence-corrected chi connectivity index (χ4v) is 5.53. The van der Waals surface area contributed by atoms with Crippen LogP contribution in [0.3, 0.4) is 0 Å². The van der Waals surface area contributed by atoms with Crippen LogP contribution in [0, 0.1) is 11.8 Å². The van der Waals surface area contributed by atoms with E-state index in [1.54, 1.807) is 30.3 Å². The van der Waals surface area contributed by atoms with Gasteiger partial charge in [0, 0.05) is 38.8 Å².